The van der Waals surface area contributed by atoms with Gasteiger partial charge in [-0.25, -0.2) is 0 Å². The van der Waals surface area contributed by atoms with Crippen molar-refractivity contribution in [2.75, 3.05) is 6.61 Å². The molecule has 110 valence electrons. The van der Waals surface area contributed by atoms with Crippen molar-refractivity contribution in [1.82, 2.24) is 0 Å². The predicted molar refractivity (Wildman–Crippen MR) is 89.8 cm³/mol. The number of halogens is 3. The van der Waals surface area contributed by atoms with E-state index in [1.807, 2.05) is 6.92 Å². The fraction of sp³-hybridized carbons (Fsp3) is 0.188. The number of carbonyl (C=O) groups is 1. The highest BCUT2D eigenvalue weighted by Gasteiger charge is 2.12. The van der Waals surface area contributed by atoms with E-state index in [1.165, 1.54) is 0 Å². The smallest absolute Gasteiger partial charge is 0.168 e. The Morgan fingerprint density at radius 2 is 1.90 bits per heavy atom. The molecular weight excluding hydrogens is 375 g/mol. The van der Waals surface area contributed by atoms with Crippen molar-refractivity contribution in [2.45, 2.75) is 13.3 Å². The maximum Gasteiger partial charge on any atom is 0.168 e. The summed E-state index contributed by atoms with van der Waals surface area (Å²) in [5, 5.41) is 0.933. The van der Waals surface area contributed by atoms with Crippen LogP contribution in [-0.2, 0) is 6.42 Å². The third kappa shape index (κ3) is 4.22. The Balaban J connectivity index is 2.18. The second-order valence-corrected chi connectivity index (χ2v) is 6.09. The molecule has 5 heteroatoms. The van der Waals surface area contributed by atoms with Gasteiger partial charge in [-0.2, -0.15) is 0 Å². The van der Waals surface area contributed by atoms with Crippen molar-refractivity contribution in [3.8, 4) is 5.75 Å². The van der Waals surface area contributed by atoms with E-state index < -0.39 is 0 Å². The molecule has 0 saturated heterocycles. The van der Waals surface area contributed by atoms with E-state index in [4.69, 9.17) is 27.9 Å². The molecule has 0 unspecified atom stereocenters. The zero-order valence-corrected chi connectivity index (χ0v) is 14.4. The minimum atomic E-state index is 0.00307. The molecule has 21 heavy (non-hydrogen) atoms. The van der Waals surface area contributed by atoms with Gasteiger partial charge < -0.3 is 4.74 Å². The molecule has 0 aromatic heterocycles. The lowest BCUT2D eigenvalue weighted by Gasteiger charge is -2.08. The van der Waals surface area contributed by atoms with Gasteiger partial charge in [0.2, 0.25) is 0 Å². The minimum absolute atomic E-state index is 0.00307. The Labute approximate surface area is 142 Å². The molecule has 0 amide bonds. The lowest BCUT2D eigenvalue weighted by molar-refractivity contribution is 0.0992. The molecule has 0 bridgehead atoms. The normalized spacial score (nSPS) is 10.5. The number of ketones is 1. The third-order valence-corrected chi connectivity index (χ3v) is 4.30. The first kappa shape index (κ1) is 16.3. The van der Waals surface area contributed by atoms with E-state index in [-0.39, 0.29) is 12.2 Å². The third-order valence-electron chi connectivity index (χ3n) is 2.90. The molecular formula is C16H13BrCl2O2. The van der Waals surface area contributed by atoms with Crippen LogP contribution >= 0.6 is 39.1 Å². The molecule has 0 fully saturated rings. The van der Waals surface area contributed by atoms with E-state index >= 15 is 0 Å². The lowest BCUT2D eigenvalue weighted by atomic mass is 10.0. The average molecular weight is 388 g/mol. The SMILES string of the molecule is CCOc1ccc(C(=O)Cc2ccc(Cl)c(Cl)c2)c(Br)c1. The molecule has 2 rings (SSSR count). The Bertz CT molecular complexity index is 671. The van der Waals surface area contributed by atoms with Crippen molar-refractivity contribution in [3.63, 3.8) is 0 Å². The van der Waals surface area contributed by atoms with Crippen LogP contribution in [0.3, 0.4) is 0 Å². The molecule has 0 spiro atoms. The second-order valence-electron chi connectivity index (χ2n) is 4.42. The monoisotopic (exact) mass is 386 g/mol. The topological polar surface area (TPSA) is 26.3 Å². The summed E-state index contributed by atoms with van der Waals surface area (Å²) >= 11 is 15.2. The summed E-state index contributed by atoms with van der Waals surface area (Å²) < 4.78 is 6.12. The summed E-state index contributed by atoms with van der Waals surface area (Å²) in [7, 11) is 0. The highest BCUT2D eigenvalue weighted by atomic mass is 79.9. The maximum absolute atomic E-state index is 12.4. The van der Waals surface area contributed by atoms with Crippen LogP contribution in [0.2, 0.25) is 10.0 Å². The Kier molecular flexibility index (Phi) is 5.68. The zero-order chi connectivity index (χ0) is 15.4. The molecule has 0 aliphatic rings. The Morgan fingerprint density at radius 1 is 1.14 bits per heavy atom. The van der Waals surface area contributed by atoms with Crippen LogP contribution in [-0.4, -0.2) is 12.4 Å². The van der Waals surface area contributed by atoms with Crippen molar-refractivity contribution < 1.29 is 9.53 Å². The first-order chi connectivity index (χ1) is 10.0. The van der Waals surface area contributed by atoms with Gasteiger partial charge in [-0.05, 0) is 58.7 Å². The van der Waals surface area contributed by atoms with Crippen LogP contribution in [0.5, 0.6) is 5.75 Å². The van der Waals surface area contributed by atoms with Crippen LogP contribution in [0.4, 0.5) is 0 Å². The van der Waals surface area contributed by atoms with Gasteiger partial charge in [0, 0.05) is 16.5 Å². The van der Waals surface area contributed by atoms with Gasteiger partial charge in [0.1, 0.15) is 5.75 Å². The lowest BCUT2D eigenvalue weighted by Crippen LogP contribution is -2.05. The van der Waals surface area contributed by atoms with Gasteiger partial charge in [-0.1, -0.05) is 29.3 Å². The molecule has 0 aliphatic carbocycles. The fourth-order valence-electron chi connectivity index (χ4n) is 1.91. The molecule has 2 nitrogen and oxygen atoms in total. The second kappa shape index (κ2) is 7.30. The molecule has 0 aliphatic heterocycles. The quantitative estimate of drug-likeness (QED) is 0.626. The number of carbonyl (C=O) groups excluding carboxylic acids is 1. The van der Waals surface area contributed by atoms with Crippen LogP contribution in [0.1, 0.15) is 22.8 Å². The highest BCUT2D eigenvalue weighted by molar-refractivity contribution is 9.10. The first-order valence-electron chi connectivity index (χ1n) is 6.40. The van der Waals surface area contributed by atoms with Crippen molar-refractivity contribution in [3.05, 3.63) is 62.0 Å². The molecule has 0 radical (unpaired) electrons. The fourth-order valence-corrected chi connectivity index (χ4v) is 2.81. The standard InChI is InChI=1S/C16H13BrCl2O2/c1-2-21-11-4-5-12(13(17)9-11)16(20)8-10-3-6-14(18)15(19)7-10/h3-7,9H,2,8H2,1H3. The number of benzene rings is 2. The summed E-state index contributed by atoms with van der Waals surface area (Å²) in [6.07, 6.45) is 0.267. The van der Waals surface area contributed by atoms with E-state index in [9.17, 15) is 4.79 Å². The van der Waals surface area contributed by atoms with Gasteiger partial charge >= 0.3 is 0 Å². The summed E-state index contributed by atoms with van der Waals surface area (Å²) in [6.45, 7) is 2.50. The maximum atomic E-state index is 12.4. The average Bonchev–Trinajstić information content (AvgIpc) is 2.43. The van der Waals surface area contributed by atoms with E-state index in [0.717, 1.165) is 15.8 Å². The van der Waals surface area contributed by atoms with Crippen LogP contribution in [0.15, 0.2) is 40.9 Å². The van der Waals surface area contributed by atoms with Gasteiger partial charge in [0.05, 0.1) is 16.7 Å². The van der Waals surface area contributed by atoms with E-state index in [1.54, 1.807) is 36.4 Å². The van der Waals surface area contributed by atoms with Gasteiger partial charge in [0.15, 0.2) is 5.78 Å². The van der Waals surface area contributed by atoms with Crippen molar-refractivity contribution in [2.24, 2.45) is 0 Å². The number of hydrogen-bond acceptors (Lipinski definition) is 2. The van der Waals surface area contributed by atoms with Gasteiger partial charge in [0.25, 0.3) is 0 Å². The van der Waals surface area contributed by atoms with Crippen molar-refractivity contribution in [1.29, 1.82) is 0 Å². The first-order valence-corrected chi connectivity index (χ1v) is 7.95. The summed E-state index contributed by atoms with van der Waals surface area (Å²) in [4.78, 5) is 12.4. The highest BCUT2D eigenvalue weighted by Crippen LogP contribution is 2.26. The number of hydrogen-bond donors (Lipinski definition) is 0. The summed E-state index contributed by atoms with van der Waals surface area (Å²) in [5.74, 6) is 0.735. The largest absolute Gasteiger partial charge is 0.494 e. The molecule has 0 saturated carbocycles. The Hall–Kier alpha value is -1.03. The van der Waals surface area contributed by atoms with Crippen LogP contribution in [0.25, 0.3) is 0 Å². The van der Waals surface area contributed by atoms with Gasteiger partial charge in [-0.3, -0.25) is 4.79 Å². The molecule has 2 aromatic rings. The van der Waals surface area contributed by atoms with E-state index in [2.05, 4.69) is 15.9 Å². The molecule has 0 N–H and O–H groups in total. The molecule has 0 heterocycles. The minimum Gasteiger partial charge on any atom is -0.494 e. The zero-order valence-electron chi connectivity index (χ0n) is 11.3. The number of Topliss-reactive ketones (excluding diaryl/α,β-unsaturated/α-hetero) is 1. The van der Waals surface area contributed by atoms with Crippen LogP contribution < -0.4 is 4.74 Å². The predicted octanol–water partition coefficient (Wildman–Crippen LogP) is 5.58. The van der Waals surface area contributed by atoms with Gasteiger partial charge in [-0.15, -0.1) is 0 Å². The Morgan fingerprint density at radius 3 is 2.52 bits per heavy atom. The number of rotatable bonds is 5. The van der Waals surface area contributed by atoms with Crippen molar-refractivity contribution >= 4 is 44.9 Å². The van der Waals surface area contributed by atoms with Crippen LogP contribution in [0, 0.1) is 0 Å². The summed E-state index contributed by atoms with van der Waals surface area (Å²) in [5.41, 5.74) is 1.44. The number of ether oxygens (including phenoxy) is 1. The molecule has 0 atom stereocenters. The molecule has 2 aromatic carbocycles. The van der Waals surface area contributed by atoms with E-state index in [0.29, 0.717) is 22.2 Å². The summed E-state index contributed by atoms with van der Waals surface area (Å²) in [6, 6.07) is 10.6.